The molecular formula is C21H22N7O5S2+. The van der Waals surface area contributed by atoms with Crippen molar-refractivity contribution in [2.24, 2.45) is 5.16 Å². The van der Waals surface area contributed by atoms with Gasteiger partial charge in [0.2, 0.25) is 0 Å². The quantitative estimate of drug-likeness (QED) is 0.162. The maximum atomic E-state index is 12.9. The van der Waals surface area contributed by atoms with Crippen molar-refractivity contribution >= 4 is 57.4 Å². The zero-order chi connectivity index (χ0) is 25.1. The number of carbonyl (C=O) groups excluding carboxylic acids is 2. The smallest absolute Gasteiger partial charge is 0.352 e. The van der Waals surface area contributed by atoms with Gasteiger partial charge in [0.25, 0.3) is 11.8 Å². The number of aromatic nitrogens is 2. The van der Waals surface area contributed by atoms with E-state index >= 15 is 0 Å². The fourth-order valence-corrected chi connectivity index (χ4v) is 5.45. The molecular weight excluding hydrogens is 494 g/mol. The minimum atomic E-state index is -1.22. The number of β-lactam (4-membered cyclic amide) rings is 1. The minimum absolute atomic E-state index is 0.0964. The first-order chi connectivity index (χ1) is 16.8. The van der Waals surface area contributed by atoms with Crippen LogP contribution in [0.5, 0.6) is 0 Å². The van der Waals surface area contributed by atoms with E-state index in [4.69, 9.17) is 16.3 Å². The van der Waals surface area contributed by atoms with Crippen LogP contribution in [0, 0.1) is 0 Å². The first-order valence-corrected chi connectivity index (χ1v) is 12.2. The van der Waals surface area contributed by atoms with E-state index < -0.39 is 29.2 Å². The summed E-state index contributed by atoms with van der Waals surface area (Å²) in [4.78, 5) is 47.7. The number of allylic oxidation sites excluding steroid dienone is 2. The van der Waals surface area contributed by atoms with Crippen molar-refractivity contribution < 1.29 is 28.9 Å². The van der Waals surface area contributed by atoms with Gasteiger partial charge in [-0.1, -0.05) is 11.2 Å². The van der Waals surface area contributed by atoms with E-state index in [2.05, 4.69) is 15.5 Å². The van der Waals surface area contributed by atoms with Gasteiger partial charge in [-0.3, -0.25) is 14.5 Å². The molecule has 1 fully saturated rings. The largest absolute Gasteiger partial charge is 0.477 e. The lowest BCUT2D eigenvalue weighted by atomic mass is 10.0. The molecule has 2 aromatic heterocycles. The number of thioether (sulfide) groups is 1. The number of nitrogens with zero attached hydrogens (tertiary/aromatic N) is 4. The number of anilines is 2. The molecule has 1 saturated heterocycles. The van der Waals surface area contributed by atoms with Gasteiger partial charge in [0, 0.05) is 29.0 Å². The van der Waals surface area contributed by atoms with Gasteiger partial charge < -0.3 is 26.7 Å². The van der Waals surface area contributed by atoms with Gasteiger partial charge in [-0.2, -0.15) is 0 Å². The number of amides is 2. The number of carboxylic acid groups (broad SMARTS) is 1. The number of hydrogen-bond donors (Lipinski definition) is 4. The van der Waals surface area contributed by atoms with Gasteiger partial charge in [-0.25, -0.2) is 14.3 Å². The Bertz CT molecular complexity index is 1260. The summed E-state index contributed by atoms with van der Waals surface area (Å²) >= 11 is 2.49. The first-order valence-electron chi connectivity index (χ1n) is 10.3. The summed E-state index contributed by atoms with van der Waals surface area (Å²) in [5.41, 5.74) is 12.5. The average Bonchev–Trinajstić information content (AvgIpc) is 3.27. The van der Waals surface area contributed by atoms with Crippen LogP contribution in [0.1, 0.15) is 5.69 Å². The fraction of sp³-hybridized carbons (Fsp3) is 0.238. The van der Waals surface area contributed by atoms with E-state index in [0.29, 0.717) is 23.6 Å². The van der Waals surface area contributed by atoms with Crippen LogP contribution in [0.15, 0.2) is 58.5 Å². The molecule has 2 amide bonds. The highest BCUT2D eigenvalue weighted by Gasteiger charge is 2.54. The van der Waals surface area contributed by atoms with Crippen molar-refractivity contribution in [3.63, 3.8) is 0 Å². The second-order valence-corrected chi connectivity index (χ2v) is 9.46. The maximum Gasteiger partial charge on any atom is 0.352 e. The number of carbonyl (C=O) groups is 3. The molecule has 0 radical (unpaired) electrons. The molecule has 0 aliphatic carbocycles. The van der Waals surface area contributed by atoms with Crippen molar-refractivity contribution in [1.82, 2.24) is 15.2 Å². The molecule has 14 heteroatoms. The summed E-state index contributed by atoms with van der Waals surface area (Å²) in [5, 5.41) is 17.4. The van der Waals surface area contributed by atoms with E-state index in [-0.39, 0.29) is 22.2 Å². The molecule has 0 aromatic carbocycles. The van der Waals surface area contributed by atoms with E-state index in [0.717, 1.165) is 11.3 Å². The van der Waals surface area contributed by atoms with Crippen molar-refractivity contribution in [2.45, 2.75) is 18.0 Å². The monoisotopic (exact) mass is 516 g/mol. The third kappa shape index (κ3) is 4.97. The predicted octanol–water partition coefficient (Wildman–Crippen LogP) is -0.0595. The standard InChI is InChI=1S/C21H21N7O5S2/c1-33-26-14(13-10-35-21(23)24-13)17(29)25-15-18(30)28-16(20(31)32)11(9-34-19(15)28)3-2-6-27-7-4-12(22)5-8-27/h2-5,7-8,10,15,19,22H,6,9H2,1H3,(H4,23,24,25,29,31,32)/p+1/b3-2?,26-14-/t15?,19-/m1/s1. The summed E-state index contributed by atoms with van der Waals surface area (Å²) in [6.07, 6.45) is 7.13. The summed E-state index contributed by atoms with van der Waals surface area (Å²) in [7, 11) is 1.28. The van der Waals surface area contributed by atoms with Gasteiger partial charge in [0.15, 0.2) is 29.8 Å². The van der Waals surface area contributed by atoms with Crippen LogP contribution in [0.2, 0.25) is 0 Å². The third-order valence-corrected chi connectivity index (χ3v) is 7.18. The first kappa shape index (κ1) is 24.2. The molecule has 2 aliphatic rings. The summed E-state index contributed by atoms with van der Waals surface area (Å²) in [6, 6.07) is 2.60. The molecule has 35 heavy (non-hydrogen) atoms. The fourth-order valence-electron chi connectivity index (χ4n) is 3.58. The molecule has 4 rings (SSSR count). The lowest BCUT2D eigenvalue weighted by Gasteiger charge is -2.49. The molecule has 6 N–H and O–H groups in total. The Balaban J connectivity index is 1.48. The van der Waals surface area contributed by atoms with Crippen molar-refractivity contribution in [3.05, 3.63) is 59.0 Å². The molecule has 12 nitrogen and oxygen atoms in total. The number of aliphatic carboxylic acids is 1. The van der Waals surface area contributed by atoms with E-state index in [9.17, 15) is 19.5 Å². The Morgan fingerprint density at radius 3 is 2.77 bits per heavy atom. The normalized spacial score (nSPS) is 20.0. The Hall–Kier alpha value is -3.91. The van der Waals surface area contributed by atoms with Crippen LogP contribution in [0.4, 0.5) is 10.8 Å². The number of oxime groups is 1. The number of nitrogens with two attached hydrogens (primary N) is 2. The summed E-state index contributed by atoms with van der Waals surface area (Å²) in [6.45, 7) is 0.500. The molecule has 182 valence electrons. The minimum Gasteiger partial charge on any atom is -0.477 e. The Kier molecular flexibility index (Phi) is 7.02. The van der Waals surface area contributed by atoms with E-state index in [1.165, 1.54) is 23.8 Å². The van der Waals surface area contributed by atoms with Crippen molar-refractivity contribution in [1.29, 1.82) is 0 Å². The van der Waals surface area contributed by atoms with E-state index in [1.54, 1.807) is 23.6 Å². The zero-order valence-electron chi connectivity index (χ0n) is 18.5. The van der Waals surface area contributed by atoms with Crippen LogP contribution < -0.4 is 21.4 Å². The number of fused-ring (bicyclic) bond motifs is 1. The second kappa shape index (κ2) is 10.1. The van der Waals surface area contributed by atoms with Crippen LogP contribution in [-0.4, -0.2) is 62.8 Å². The lowest BCUT2D eigenvalue weighted by Crippen LogP contribution is -2.71. The highest BCUT2D eigenvalue weighted by Crippen LogP contribution is 2.40. The number of pyridine rings is 1. The van der Waals surface area contributed by atoms with Crippen LogP contribution in [0.3, 0.4) is 0 Å². The maximum absolute atomic E-state index is 12.9. The summed E-state index contributed by atoms with van der Waals surface area (Å²) in [5.74, 6) is -2.07. The molecule has 0 bridgehead atoms. The van der Waals surface area contributed by atoms with Crippen LogP contribution >= 0.6 is 23.1 Å². The molecule has 2 aromatic rings. The van der Waals surface area contributed by atoms with E-state index in [1.807, 2.05) is 23.0 Å². The number of thiazole rings is 1. The molecule has 1 unspecified atom stereocenters. The van der Waals surface area contributed by atoms with Gasteiger partial charge in [0.05, 0.1) is 0 Å². The van der Waals surface area contributed by atoms with Gasteiger partial charge in [-0.05, 0) is 11.6 Å². The number of rotatable bonds is 8. The second-order valence-electron chi connectivity index (χ2n) is 7.46. The highest BCUT2D eigenvalue weighted by atomic mass is 32.2. The molecule has 0 spiro atoms. The Morgan fingerprint density at radius 1 is 1.40 bits per heavy atom. The van der Waals surface area contributed by atoms with Gasteiger partial charge >= 0.3 is 5.97 Å². The molecule has 4 heterocycles. The number of nitrogens with one attached hydrogen (secondary N) is 1. The molecule has 0 saturated carbocycles. The predicted molar refractivity (Wildman–Crippen MR) is 130 cm³/mol. The number of hydrogen-bond acceptors (Lipinski definition) is 10. The van der Waals surface area contributed by atoms with Crippen LogP contribution in [0.25, 0.3) is 0 Å². The zero-order valence-corrected chi connectivity index (χ0v) is 20.1. The van der Waals surface area contributed by atoms with Gasteiger partial charge in [0.1, 0.15) is 29.9 Å². The topological polar surface area (TPSA) is 177 Å². The van der Waals surface area contributed by atoms with Crippen molar-refractivity contribution in [2.75, 3.05) is 24.3 Å². The average molecular weight is 517 g/mol. The Labute approximate surface area is 207 Å². The lowest BCUT2D eigenvalue weighted by molar-refractivity contribution is -0.686. The van der Waals surface area contributed by atoms with Crippen LogP contribution in [-0.2, 0) is 25.8 Å². The summed E-state index contributed by atoms with van der Waals surface area (Å²) < 4.78 is 1.88. The number of carboxylic acids is 1. The third-order valence-electron chi connectivity index (χ3n) is 5.20. The number of nitrogen functional groups attached to an aromatic ring is 2. The Morgan fingerprint density at radius 2 is 2.14 bits per heavy atom. The van der Waals surface area contributed by atoms with Crippen molar-refractivity contribution in [3.8, 4) is 0 Å². The van der Waals surface area contributed by atoms with Gasteiger partial charge in [-0.15, -0.1) is 23.1 Å². The highest BCUT2D eigenvalue weighted by molar-refractivity contribution is 8.00. The molecule has 2 atom stereocenters. The SMILES string of the molecule is CO/N=C(\C(=O)NC1C(=O)N2C(C(=O)O)=C(C=CC[n+]3ccc(N)cc3)CS[C@H]12)c1csc(N)n1. The molecule has 2 aliphatic heterocycles.